The topological polar surface area (TPSA) is 70.1 Å². The molecule has 1 rings (SSSR count). The van der Waals surface area contributed by atoms with E-state index in [9.17, 15) is 4.79 Å². The van der Waals surface area contributed by atoms with Crippen LogP contribution in [0.5, 0.6) is 0 Å². The van der Waals surface area contributed by atoms with Crippen molar-refractivity contribution in [3.8, 4) is 6.07 Å². The Labute approximate surface area is 114 Å². The molecule has 0 aliphatic rings. The Hall–Kier alpha value is -1.86. The highest BCUT2D eigenvalue weighted by Gasteiger charge is 2.22. The van der Waals surface area contributed by atoms with Gasteiger partial charge in [-0.15, -0.1) is 0 Å². The monoisotopic (exact) mass is 259 g/mol. The molecule has 0 aliphatic heterocycles. The average Bonchev–Trinajstić information content (AvgIpc) is 2.45. The van der Waals surface area contributed by atoms with Crippen LogP contribution in [0.4, 0.5) is 0 Å². The van der Waals surface area contributed by atoms with Crippen molar-refractivity contribution in [3.05, 3.63) is 35.4 Å². The van der Waals surface area contributed by atoms with Gasteiger partial charge in [-0.1, -0.05) is 32.4 Å². The molecule has 4 heteroatoms. The summed E-state index contributed by atoms with van der Waals surface area (Å²) in [5, 5.41) is 8.73. The van der Waals surface area contributed by atoms with E-state index in [1.165, 1.54) is 0 Å². The predicted molar refractivity (Wildman–Crippen MR) is 75.1 cm³/mol. The van der Waals surface area contributed by atoms with Crippen molar-refractivity contribution >= 4 is 5.91 Å². The van der Waals surface area contributed by atoms with E-state index < -0.39 is 6.04 Å². The molecular formula is C15H21N3O. The summed E-state index contributed by atoms with van der Waals surface area (Å²) < 4.78 is 0. The Morgan fingerprint density at radius 1 is 1.42 bits per heavy atom. The van der Waals surface area contributed by atoms with Crippen LogP contribution in [-0.2, 0) is 11.3 Å². The number of nitriles is 1. The number of nitrogens with zero attached hydrogens (tertiary/aromatic N) is 2. The molecule has 19 heavy (non-hydrogen) atoms. The molecule has 0 saturated heterocycles. The number of nitrogens with two attached hydrogens (primary N) is 1. The number of hydrogen-bond donors (Lipinski definition) is 1. The SMILES string of the molecule is CCC(C)[C@H](N)C(=O)N(C)Cc1ccc(C#N)cc1. The van der Waals surface area contributed by atoms with Crippen molar-refractivity contribution in [3.63, 3.8) is 0 Å². The van der Waals surface area contributed by atoms with Gasteiger partial charge in [0.2, 0.25) is 5.91 Å². The molecule has 4 nitrogen and oxygen atoms in total. The Bertz CT molecular complexity index is 461. The van der Waals surface area contributed by atoms with Gasteiger partial charge < -0.3 is 10.6 Å². The average molecular weight is 259 g/mol. The molecule has 0 bridgehead atoms. The fourth-order valence-corrected chi connectivity index (χ4v) is 1.79. The third kappa shape index (κ3) is 4.08. The highest BCUT2D eigenvalue weighted by molar-refractivity contribution is 5.81. The van der Waals surface area contributed by atoms with Crippen LogP contribution in [0.2, 0.25) is 0 Å². The summed E-state index contributed by atoms with van der Waals surface area (Å²) in [7, 11) is 1.75. The summed E-state index contributed by atoms with van der Waals surface area (Å²) in [5.74, 6) is 0.134. The molecule has 102 valence electrons. The van der Waals surface area contributed by atoms with Crippen molar-refractivity contribution in [1.82, 2.24) is 4.90 Å². The molecule has 0 heterocycles. The van der Waals surface area contributed by atoms with E-state index in [1.807, 2.05) is 26.0 Å². The second-order valence-electron chi connectivity index (χ2n) is 4.91. The quantitative estimate of drug-likeness (QED) is 0.877. The Morgan fingerprint density at radius 3 is 2.47 bits per heavy atom. The van der Waals surface area contributed by atoms with Gasteiger partial charge in [0.15, 0.2) is 0 Å². The fourth-order valence-electron chi connectivity index (χ4n) is 1.79. The van der Waals surface area contributed by atoms with Crippen LogP contribution in [0.3, 0.4) is 0 Å². The van der Waals surface area contributed by atoms with Gasteiger partial charge in [0.25, 0.3) is 0 Å². The first-order valence-electron chi connectivity index (χ1n) is 6.49. The molecule has 0 aromatic heterocycles. The molecule has 1 unspecified atom stereocenters. The second kappa shape index (κ2) is 6.91. The van der Waals surface area contributed by atoms with Gasteiger partial charge in [0.05, 0.1) is 17.7 Å². The summed E-state index contributed by atoms with van der Waals surface area (Å²) in [4.78, 5) is 13.8. The molecule has 0 radical (unpaired) electrons. The maximum atomic E-state index is 12.1. The molecule has 0 spiro atoms. The zero-order valence-corrected chi connectivity index (χ0v) is 11.8. The minimum absolute atomic E-state index is 0.0429. The van der Waals surface area contributed by atoms with Gasteiger partial charge in [0, 0.05) is 13.6 Å². The number of rotatable bonds is 5. The number of likely N-dealkylation sites (N-methyl/N-ethyl adjacent to an activating group) is 1. The van der Waals surface area contributed by atoms with Crippen molar-refractivity contribution in [2.75, 3.05) is 7.05 Å². The number of carbonyl (C=O) groups is 1. The fraction of sp³-hybridized carbons (Fsp3) is 0.467. The minimum atomic E-state index is -0.451. The van der Waals surface area contributed by atoms with Crippen molar-refractivity contribution < 1.29 is 4.79 Å². The maximum Gasteiger partial charge on any atom is 0.239 e. The van der Waals surface area contributed by atoms with Crippen LogP contribution in [0.15, 0.2) is 24.3 Å². The van der Waals surface area contributed by atoms with E-state index in [0.29, 0.717) is 12.1 Å². The molecule has 2 N–H and O–H groups in total. The lowest BCUT2D eigenvalue weighted by Crippen LogP contribution is -2.45. The van der Waals surface area contributed by atoms with Gasteiger partial charge in [0.1, 0.15) is 0 Å². The number of amides is 1. The lowest BCUT2D eigenvalue weighted by molar-refractivity contribution is -0.132. The smallest absolute Gasteiger partial charge is 0.239 e. The second-order valence-corrected chi connectivity index (χ2v) is 4.91. The van der Waals surface area contributed by atoms with Gasteiger partial charge in [-0.05, 0) is 23.6 Å². The highest BCUT2D eigenvalue weighted by Crippen LogP contribution is 2.11. The van der Waals surface area contributed by atoms with E-state index >= 15 is 0 Å². The van der Waals surface area contributed by atoms with Crippen LogP contribution >= 0.6 is 0 Å². The summed E-state index contributed by atoms with van der Waals surface area (Å²) in [5.41, 5.74) is 7.55. The summed E-state index contributed by atoms with van der Waals surface area (Å²) in [6, 6.07) is 8.84. The van der Waals surface area contributed by atoms with Crippen LogP contribution < -0.4 is 5.73 Å². The first-order valence-corrected chi connectivity index (χ1v) is 6.49. The van der Waals surface area contributed by atoms with E-state index in [0.717, 1.165) is 12.0 Å². The number of carbonyl (C=O) groups excluding carboxylic acids is 1. The highest BCUT2D eigenvalue weighted by atomic mass is 16.2. The molecule has 0 fully saturated rings. The standard InChI is InChI=1S/C15H21N3O/c1-4-11(2)14(17)15(19)18(3)10-13-7-5-12(9-16)6-8-13/h5-8,11,14H,4,10,17H2,1-3H3/t11?,14-/m0/s1. The normalized spacial score (nSPS) is 13.4. The van der Waals surface area contributed by atoms with Crippen molar-refractivity contribution in [1.29, 1.82) is 5.26 Å². The minimum Gasteiger partial charge on any atom is -0.340 e. The molecule has 1 amide bonds. The van der Waals surface area contributed by atoms with Crippen LogP contribution in [0, 0.1) is 17.2 Å². The number of benzene rings is 1. The third-order valence-corrected chi connectivity index (χ3v) is 3.42. The van der Waals surface area contributed by atoms with Crippen molar-refractivity contribution in [2.24, 2.45) is 11.7 Å². The zero-order chi connectivity index (χ0) is 14.4. The largest absolute Gasteiger partial charge is 0.340 e. The van der Waals surface area contributed by atoms with Gasteiger partial charge in [-0.2, -0.15) is 5.26 Å². The van der Waals surface area contributed by atoms with Crippen LogP contribution in [0.25, 0.3) is 0 Å². The summed E-state index contributed by atoms with van der Waals surface area (Å²) in [6.45, 7) is 4.52. The Kier molecular flexibility index (Phi) is 5.53. The Morgan fingerprint density at radius 2 is 2.00 bits per heavy atom. The predicted octanol–water partition coefficient (Wildman–Crippen LogP) is 1.89. The van der Waals surface area contributed by atoms with Crippen molar-refractivity contribution in [2.45, 2.75) is 32.9 Å². The lowest BCUT2D eigenvalue weighted by Gasteiger charge is -2.24. The lowest BCUT2D eigenvalue weighted by atomic mass is 9.99. The molecular weight excluding hydrogens is 238 g/mol. The van der Waals surface area contributed by atoms with Crippen LogP contribution in [-0.4, -0.2) is 23.9 Å². The van der Waals surface area contributed by atoms with Crippen LogP contribution in [0.1, 0.15) is 31.4 Å². The van der Waals surface area contributed by atoms with Gasteiger partial charge in [-0.25, -0.2) is 0 Å². The Balaban J connectivity index is 2.65. The van der Waals surface area contributed by atoms with Gasteiger partial charge in [-0.3, -0.25) is 4.79 Å². The third-order valence-electron chi connectivity index (χ3n) is 3.42. The zero-order valence-electron chi connectivity index (χ0n) is 11.8. The van der Waals surface area contributed by atoms with E-state index in [1.54, 1.807) is 24.1 Å². The maximum absolute atomic E-state index is 12.1. The molecule has 0 aliphatic carbocycles. The summed E-state index contributed by atoms with van der Waals surface area (Å²) >= 11 is 0. The van der Waals surface area contributed by atoms with E-state index in [4.69, 9.17) is 11.0 Å². The molecule has 1 aromatic carbocycles. The summed E-state index contributed by atoms with van der Waals surface area (Å²) in [6.07, 6.45) is 0.887. The molecule has 2 atom stereocenters. The molecule has 1 aromatic rings. The first kappa shape index (κ1) is 15.2. The van der Waals surface area contributed by atoms with E-state index in [-0.39, 0.29) is 11.8 Å². The number of hydrogen-bond acceptors (Lipinski definition) is 3. The van der Waals surface area contributed by atoms with Gasteiger partial charge >= 0.3 is 0 Å². The van der Waals surface area contributed by atoms with E-state index in [2.05, 4.69) is 6.07 Å². The first-order chi connectivity index (χ1) is 8.99. The molecule has 0 saturated carbocycles.